The van der Waals surface area contributed by atoms with Crippen molar-refractivity contribution in [1.82, 2.24) is 10.2 Å². The van der Waals surface area contributed by atoms with Gasteiger partial charge in [0.15, 0.2) is 0 Å². The third-order valence-corrected chi connectivity index (χ3v) is 2.58. The molecule has 1 N–H and O–H groups in total. The van der Waals surface area contributed by atoms with Crippen molar-refractivity contribution in [3.63, 3.8) is 0 Å². The molecule has 1 saturated heterocycles. The lowest BCUT2D eigenvalue weighted by Crippen LogP contribution is -2.51. The van der Waals surface area contributed by atoms with Crippen molar-refractivity contribution in [2.45, 2.75) is 6.42 Å². The Kier molecular flexibility index (Phi) is 4.11. The number of hydrogen-bond acceptors (Lipinski definition) is 3. The predicted molar refractivity (Wildman–Crippen MR) is 67.5 cm³/mol. The summed E-state index contributed by atoms with van der Waals surface area (Å²) in [6, 6.07) is 9.96. The molecule has 0 aromatic heterocycles. The van der Waals surface area contributed by atoms with Gasteiger partial charge in [-0.25, -0.2) is 0 Å². The summed E-state index contributed by atoms with van der Waals surface area (Å²) < 4.78 is 0. The van der Waals surface area contributed by atoms with Gasteiger partial charge in [0, 0.05) is 6.42 Å². The summed E-state index contributed by atoms with van der Waals surface area (Å²) in [5, 5.41) is 2.26. The molecule has 0 spiro atoms. The molecule has 4 nitrogen and oxygen atoms in total. The van der Waals surface area contributed by atoms with Crippen molar-refractivity contribution in [1.29, 1.82) is 0 Å². The van der Waals surface area contributed by atoms with Crippen molar-refractivity contribution in [3.05, 3.63) is 35.9 Å². The van der Waals surface area contributed by atoms with Crippen molar-refractivity contribution in [2.75, 3.05) is 19.6 Å². The second kappa shape index (κ2) is 5.99. The minimum absolute atomic E-state index is 0.242. The Hall–Kier alpha value is -2.12. The molecule has 0 atom stereocenters. The second-order valence-corrected chi connectivity index (χ2v) is 4.13. The molecule has 1 fully saturated rings. The molecule has 1 aliphatic heterocycles. The van der Waals surface area contributed by atoms with E-state index in [0.29, 0.717) is 13.0 Å². The lowest BCUT2D eigenvalue weighted by Gasteiger charge is -2.22. The topological polar surface area (TPSA) is 49.4 Å². The molecule has 0 unspecified atom stereocenters. The van der Waals surface area contributed by atoms with Gasteiger partial charge in [-0.3, -0.25) is 19.8 Å². The number of carbonyl (C=O) groups excluding carboxylic acids is 2. The molecule has 1 heterocycles. The van der Waals surface area contributed by atoms with Gasteiger partial charge in [0.25, 0.3) is 0 Å². The molecule has 18 heavy (non-hydrogen) atoms. The summed E-state index contributed by atoms with van der Waals surface area (Å²) in [6.07, 6.45) is 0.689. The normalized spacial score (nSPS) is 15.8. The van der Waals surface area contributed by atoms with Crippen molar-refractivity contribution in [2.24, 2.45) is 0 Å². The second-order valence-electron chi connectivity index (χ2n) is 4.13. The summed E-state index contributed by atoms with van der Waals surface area (Å²) in [5.41, 5.74) is 1.16. The van der Waals surface area contributed by atoms with E-state index in [9.17, 15) is 9.59 Å². The Morgan fingerprint density at radius 2 is 1.72 bits per heavy atom. The fraction of sp³-hybridized carbons (Fsp3) is 0.286. The molecule has 2 amide bonds. The maximum absolute atomic E-state index is 11.1. The van der Waals surface area contributed by atoms with E-state index in [-0.39, 0.29) is 24.9 Å². The van der Waals surface area contributed by atoms with Crippen LogP contribution in [0, 0.1) is 11.8 Å². The molecule has 2 rings (SSSR count). The smallest absolute Gasteiger partial charge is 0.240 e. The van der Waals surface area contributed by atoms with Crippen molar-refractivity contribution < 1.29 is 9.59 Å². The molecule has 1 aliphatic rings. The zero-order chi connectivity index (χ0) is 12.8. The molecule has 1 aromatic rings. The van der Waals surface area contributed by atoms with Crippen molar-refractivity contribution >= 4 is 11.8 Å². The monoisotopic (exact) mass is 242 g/mol. The lowest BCUT2D eigenvalue weighted by molar-refractivity contribution is -0.135. The van der Waals surface area contributed by atoms with Gasteiger partial charge in [-0.2, -0.15) is 0 Å². The standard InChI is InChI=1S/C14H14N2O2/c17-13-10-16(11-14(18)15-13)9-5-4-8-12-6-2-1-3-7-12/h1-3,6-7H,8-11H2,(H,15,17,18). The molecule has 0 saturated carbocycles. The van der Waals surface area contributed by atoms with E-state index in [0.717, 1.165) is 5.56 Å². The van der Waals surface area contributed by atoms with Gasteiger partial charge >= 0.3 is 0 Å². The van der Waals surface area contributed by atoms with Gasteiger partial charge in [-0.05, 0) is 5.56 Å². The minimum Gasteiger partial charge on any atom is -0.294 e. The van der Waals surface area contributed by atoms with Gasteiger partial charge in [0.1, 0.15) is 0 Å². The molecule has 0 bridgehead atoms. The van der Waals surface area contributed by atoms with E-state index >= 15 is 0 Å². The van der Waals surface area contributed by atoms with Crippen LogP contribution in [0.25, 0.3) is 0 Å². The van der Waals surface area contributed by atoms with E-state index in [4.69, 9.17) is 0 Å². The number of piperazine rings is 1. The first-order valence-electron chi connectivity index (χ1n) is 5.79. The summed E-state index contributed by atoms with van der Waals surface area (Å²) in [7, 11) is 0. The van der Waals surface area contributed by atoms with Crippen LogP contribution < -0.4 is 5.32 Å². The number of nitrogens with one attached hydrogen (secondary N) is 1. The SMILES string of the molecule is O=C1CN(CC#CCc2ccccc2)CC(=O)N1. The number of benzene rings is 1. The number of imide groups is 1. The third-order valence-electron chi connectivity index (χ3n) is 2.58. The van der Waals surface area contributed by atoms with Crippen LogP contribution in [0.3, 0.4) is 0 Å². The van der Waals surface area contributed by atoms with E-state index in [1.165, 1.54) is 0 Å². The fourth-order valence-electron chi connectivity index (χ4n) is 1.74. The predicted octanol–water partition coefficient (Wildman–Crippen LogP) is 0.191. The first kappa shape index (κ1) is 12.3. The quantitative estimate of drug-likeness (QED) is 0.595. The van der Waals surface area contributed by atoms with Crippen molar-refractivity contribution in [3.8, 4) is 11.8 Å². The van der Waals surface area contributed by atoms with E-state index in [1.54, 1.807) is 4.90 Å². The summed E-state index contributed by atoms with van der Waals surface area (Å²) >= 11 is 0. The molecular weight excluding hydrogens is 228 g/mol. The van der Waals surface area contributed by atoms with E-state index in [1.807, 2.05) is 30.3 Å². The first-order valence-corrected chi connectivity index (χ1v) is 5.79. The molecule has 1 aromatic carbocycles. The number of hydrogen-bond donors (Lipinski definition) is 1. The van der Waals surface area contributed by atoms with Crippen LogP contribution in [-0.4, -0.2) is 36.3 Å². The van der Waals surface area contributed by atoms with Crippen LogP contribution in [0.1, 0.15) is 5.56 Å². The Balaban J connectivity index is 1.81. The zero-order valence-electron chi connectivity index (χ0n) is 9.98. The Morgan fingerprint density at radius 3 is 2.39 bits per heavy atom. The van der Waals surface area contributed by atoms with E-state index in [2.05, 4.69) is 17.2 Å². The maximum atomic E-state index is 11.1. The Labute approximate surface area is 106 Å². The summed E-state index contributed by atoms with van der Waals surface area (Å²) in [4.78, 5) is 24.0. The third kappa shape index (κ3) is 3.72. The van der Waals surface area contributed by atoms with Gasteiger partial charge in [-0.15, -0.1) is 0 Å². The number of carbonyl (C=O) groups is 2. The van der Waals surface area contributed by atoms with Crippen LogP contribution in [-0.2, 0) is 16.0 Å². The van der Waals surface area contributed by atoms with E-state index < -0.39 is 0 Å². The fourth-order valence-corrected chi connectivity index (χ4v) is 1.74. The molecular formula is C14H14N2O2. The molecule has 4 heteroatoms. The van der Waals surface area contributed by atoms with Crippen LogP contribution in [0.15, 0.2) is 30.3 Å². The van der Waals surface area contributed by atoms with Gasteiger partial charge in [0.2, 0.25) is 11.8 Å². The Morgan fingerprint density at radius 1 is 1.06 bits per heavy atom. The summed E-state index contributed by atoms with van der Waals surface area (Å²) in [6.45, 7) is 0.934. The number of rotatable bonds is 2. The van der Waals surface area contributed by atoms with Gasteiger partial charge in [0.05, 0.1) is 19.6 Å². The number of nitrogens with zero attached hydrogens (tertiary/aromatic N) is 1. The highest BCUT2D eigenvalue weighted by molar-refractivity contribution is 5.99. The zero-order valence-corrected chi connectivity index (χ0v) is 9.98. The van der Waals surface area contributed by atoms with Crippen LogP contribution >= 0.6 is 0 Å². The minimum atomic E-state index is -0.254. The highest BCUT2D eigenvalue weighted by atomic mass is 16.2. The highest BCUT2D eigenvalue weighted by Crippen LogP contribution is 1.98. The largest absolute Gasteiger partial charge is 0.294 e. The first-order chi connectivity index (χ1) is 8.74. The van der Waals surface area contributed by atoms with Gasteiger partial charge in [-0.1, -0.05) is 42.2 Å². The van der Waals surface area contributed by atoms with Gasteiger partial charge < -0.3 is 0 Å². The maximum Gasteiger partial charge on any atom is 0.240 e. The van der Waals surface area contributed by atoms with Crippen LogP contribution in [0.2, 0.25) is 0 Å². The van der Waals surface area contributed by atoms with Crippen LogP contribution in [0.4, 0.5) is 0 Å². The number of amides is 2. The average Bonchev–Trinajstić information content (AvgIpc) is 2.35. The Bertz CT molecular complexity index is 484. The molecule has 92 valence electrons. The highest BCUT2D eigenvalue weighted by Gasteiger charge is 2.20. The summed E-state index contributed by atoms with van der Waals surface area (Å²) in [5.74, 6) is 5.53. The van der Waals surface area contributed by atoms with Crippen LogP contribution in [0.5, 0.6) is 0 Å². The molecule has 0 aliphatic carbocycles. The lowest BCUT2D eigenvalue weighted by atomic mass is 10.2. The molecule has 0 radical (unpaired) electrons. The average molecular weight is 242 g/mol.